The average Bonchev–Trinajstić information content (AvgIpc) is 3.60. The molecule has 0 aliphatic carbocycles. The van der Waals surface area contributed by atoms with Crippen molar-refractivity contribution in [3.63, 3.8) is 0 Å². The zero-order valence-electron chi connectivity index (χ0n) is 28.2. The minimum atomic E-state index is -0.765. The molecule has 49 heavy (non-hydrogen) atoms. The number of carbonyl (C=O) groups is 2. The van der Waals surface area contributed by atoms with Crippen LogP contribution in [0.25, 0.3) is 16.1 Å². The number of amides is 2. The van der Waals surface area contributed by atoms with Crippen LogP contribution in [0.4, 0.5) is 28.7 Å². The molecule has 1 atom stereocenters. The summed E-state index contributed by atoms with van der Waals surface area (Å²) in [6.45, 7) is 19.0. The summed E-state index contributed by atoms with van der Waals surface area (Å²) >= 11 is 0. The number of piperazine rings is 1. The number of piperidine rings is 1. The lowest BCUT2D eigenvalue weighted by Crippen LogP contribution is -2.52. The van der Waals surface area contributed by atoms with Crippen molar-refractivity contribution in [2.24, 2.45) is 5.73 Å². The molecule has 4 heterocycles. The van der Waals surface area contributed by atoms with Crippen molar-refractivity contribution in [1.82, 2.24) is 24.7 Å². The van der Waals surface area contributed by atoms with Gasteiger partial charge in [-0.15, -0.1) is 0 Å². The number of hydrogen-bond acceptors (Lipinski definition) is 10. The Morgan fingerprint density at radius 1 is 1.00 bits per heavy atom. The molecule has 0 bridgehead atoms. The topological polar surface area (TPSA) is 137 Å². The van der Waals surface area contributed by atoms with Crippen molar-refractivity contribution in [3.05, 3.63) is 72.2 Å². The first-order chi connectivity index (χ1) is 23.8. The number of carbonyl (C=O) groups excluding carboxylic acids is 2. The highest BCUT2D eigenvalue weighted by molar-refractivity contribution is 5.98. The molecule has 3 fully saturated rings. The van der Waals surface area contributed by atoms with Gasteiger partial charge in [0.05, 0.1) is 13.7 Å². The summed E-state index contributed by atoms with van der Waals surface area (Å²) in [4.78, 5) is 47.5. The first-order valence-electron chi connectivity index (χ1n) is 16.8. The van der Waals surface area contributed by atoms with Crippen LogP contribution in [0.5, 0.6) is 5.75 Å². The molecule has 0 unspecified atom stereocenters. The fourth-order valence-electron chi connectivity index (χ4n) is 6.95. The van der Waals surface area contributed by atoms with Crippen molar-refractivity contribution in [2.45, 2.75) is 31.3 Å². The quantitative estimate of drug-likeness (QED) is 0.216. The molecule has 256 valence electrons. The number of hydrogen-bond donors (Lipinski definition) is 3. The van der Waals surface area contributed by atoms with Crippen LogP contribution >= 0.6 is 0 Å². The van der Waals surface area contributed by atoms with E-state index in [0.717, 1.165) is 63.5 Å². The molecule has 3 aromatic rings. The third-order valence-electron chi connectivity index (χ3n) is 9.74. The van der Waals surface area contributed by atoms with E-state index in [1.54, 1.807) is 23.1 Å². The number of benzene rings is 2. The number of likely N-dealkylation sites (N-methyl/N-ethyl adjacent to an activating group) is 1. The van der Waals surface area contributed by atoms with E-state index in [-0.39, 0.29) is 34.8 Å². The van der Waals surface area contributed by atoms with Crippen LogP contribution in [0.3, 0.4) is 0 Å². The van der Waals surface area contributed by atoms with Crippen molar-refractivity contribution >= 4 is 40.5 Å². The van der Waals surface area contributed by atoms with Gasteiger partial charge in [-0.2, -0.15) is 0 Å². The maximum Gasteiger partial charge on any atom is 0.271 e. The highest BCUT2D eigenvalue weighted by Crippen LogP contribution is 2.41. The summed E-state index contributed by atoms with van der Waals surface area (Å²) in [6, 6.07) is 13.7. The van der Waals surface area contributed by atoms with Gasteiger partial charge >= 0.3 is 0 Å². The number of aromatic nitrogens is 2. The van der Waals surface area contributed by atoms with Gasteiger partial charge in [-0.3, -0.25) is 14.5 Å². The number of rotatable bonds is 10. The van der Waals surface area contributed by atoms with Crippen LogP contribution in [-0.4, -0.2) is 115 Å². The molecular formula is C36H44N10O3. The van der Waals surface area contributed by atoms with Gasteiger partial charge < -0.3 is 35.8 Å². The number of nitrogens with two attached hydrogens (primary N) is 1. The molecule has 6 rings (SSSR count). The normalized spacial score (nSPS) is 18.9. The Balaban J connectivity index is 1.25. The molecule has 4 N–H and O–H groups in total. The van der Waals surface area contributed by atoms with Crippen LogP contribution in [-0.2, 0) is 4.79 Å². The zero-order chi connectivity index (χ0) is 34.5. The Labute approximate surface area is 287 Å². The summed E-state index contributed by atoms with van der Waals surface area (Å²) in [5.41, 5.74) is 8.62. The fourth-order valence-corrected chi connectivity index (χ4v) is 6.95. The van der Waals surface area contributed by atoms with E-state index < -0.39 is 5.91 Å². The Morgan fingerprint density at radius 2 is 1.73 bits per heavy atom. The largest absolute Gasteiger partial charge is 0.508 e. The minimum Gasteiger partial charge on any atom is -0.508 e. The standard InChI is InChI=1S/C36H44N10O3/c1-5-30(47)46-16-13-25(23-46)40-35-32(28-7-6-8-29(49-4)31(28)38-2)41-33(34(37)48)36(42-35)39-24-9-11-26(12-10-24)44-17-14-27(15-18-44)45-21-19-43(3)20-22-45/h5-12,25,27H,1,13-23H2,3-4H3,(H2,37,48)(H2,39,40,42)/t25-/m1/s1. The van der Waals surface area contributed by atoms with E-state index in [1.807, 2.05) is 12.1 Å². The molecule has 13 nitrogen and oxygen atoms in total. The van der Waals surface area contributed by atoms with Gasteiger partial charge in [0.1, 0.15) is 11.4 Å². The molecular weight excluding hydrogens is 620 g/mol. The van der Waals surface area contributed by atoms with Gasteiger partial charge in [0.25, 0.3) is 5.91 Å². The predicted octanol–water partition coefficient (Wildman–Crippen LogP) is 3.96. The molecule has 1 aromatic heterocycles. The molecule has 3 aliphatic rings. The maximum absolute atomic E-state index is 12.8. The van der Waals surface area contributed by atoms with Crippen LogP contribution in [0.15, 0.2) is 55.1 Å². The fraction of sp³-hybridized carbons (Fsp3) is 0.417. The first kappa shape index (κ1) is 33.7. The minimum absolute atomic E-state index is 0.0655. The SMILES string of the molecule is [C-]#[N+]c1c(OC)cccc1-c1nc(C(N)=O)c(Nc2ccc(N3CCC(N4CCN(C)CC4)CC3)cc2)nc1N[C@@H]1CCN(C(=O)C=C)C1. The van der Waals surface area contributed by atoms with E-state index >= 15 is 0 Å². The zero-order valence-corrected chi connectivity index (χ0v) is 28.2. The number of methoxy groups -OCH3 is 1. The highest BCUT2D eigenvalue weighted by Gasteiger charge is 2.29. The lowest BCUT2D eigenvalue weighted by molar-refractivity contribution is -0.125. The second-order valence-electron chi connectivity index (χ2n) is 12.8. The van der Waals surface area contributed by atoms with Crippen LogP contribution < -0.4 is 26.0 Å². The van der Waals surface area contributed by atoms with Gasteiger partial charge in [0.2, 0.25) is 11.6 Å². The number of nitrogens with zero attached hydrogens (tertiary/aromatic N) is 7. The summed E-state index contributed by atoms with van der Waals surface area (Å²) in [5, 5.41) is 6.69. The Kier molecular flexibility index (Phi) is 10.3. The number of para-hydroxylation sites is 1. The van der Waals surface area contributed by atoms with E-state index in [9.17, 15) is 9.59 Å². The van der Waals surface area contributed by atoms with Gasteiger partial charge in [0, 0.05) is 81.4 Å². The molecule has 2 amide bonds. The van der Waals surface area contributed by atoms with E-state index in [1.165, 1.54) is 13.2 Å². The van der Waals surface area contributed by atoms with Crippen molar-refractivity contribution in [2.75, 3.05) is 82.0 Å². The van der Waals surface area contributed by atoms with Gasteiger partial charge in [-0.25, -0.2) is 14.8 Å². The molecule has 3 aliphatic heterocycles. The smallest absolute Gasteiger partial charge is 0.271 e. The molecule has 0 radical (unpaired) electrons. The molecule has 0 spiro atoms. The number of anilines is 4. The molecule has 13 heteroatoms. The highest BCUT2D eigenvalue weighted by atomic mass is 16.5. The van der Waals surface area contributed by atoms with Crippen LogP contribution in [0.2, 0.25) is 0 Å². The van der Waals surface area contributed by atoms with Crippen molar-refractivity contribution in [3.8, 4) is 17.0 Å². The molecule has 0 saturated carbocycles. The summed E-state index contributed by atoms with van der Waals surface area (Å²) < 4.78 is 5.45. The third-order valence-corrected chi connectivity index (χ3v) is 9.74. The van der Waals surface area contributed by atoms with E-state index in [4.69, 9.17) is 27.0 Å². The lowest BCUT2D eigenvalue weighted by atomic mass is 10.0. The predicted molar refractivity (Wildman–Crippen MR) is 192 cm³/mol. The number of nitrogens with one attached hydrogen (secondary N) is 2. The average molecular weight is 665 g/mol. The summed E-state index contributed by atoms with van der Waals surface area (Å²) in [7, 11) is 3.68. The van der Waals surface area contributed by atoms with Crippen LogP contribution in [0, 0.1) is 6.57 Å². The summed E-state index contributed by atoms with van der Waals surface area (Å²) in [5.74, 6) is -0.00555. The maximum atomic E-state index is 12.8. The molecule has 2 aromatic carbocycles. The van der Waals surface area contributed by atoms with Crippen LogP contribution in [0.1, 0.15) is 29.8 Å². The molecule has 3 saturated heterocycles. The Bertz CT molecular complexity index is 1720. The Hall–Kier alpha value is -5.19. The van der Waals surface area contributed by atoms with Crippen molar-refractivity contribution in [1.29, 1.82) is 0 Å². The van der Waals surface area contributed by atoms with Gasteiger partial charge in [-0.05, 0) is 62.7 Å². The first-order valence-corrected chi connectivity index (χ1v) is 16.8. The Morgan fingerprint density at radius 3 is 2.39 bits per heavy atom. The second-order valence-corrected chi connectivity index (χ2v) is 12.8. The number of primary amides is 1. The number of ether oxygens (including phenoxy) is 1. The van der Waals surface area contributed by atoms with Gasteiger partial charge in [0.15, 0.2) is 17.3 Å². The van der Waals surface area contributed by atoms with E-state index in [2.05, 4.69) is 55.9 Å². The van der Waals surface area contributed by atoms with Crippen molar-refractivity contribution < 1.29 is 14.3 Å². The third kappa shape index (κ3) is 7.45. The lowest BCUT2D eigenvalue weighted by Gasteiger charge is -2.42. The second kappa shape index (κ2) is 14.9. The summed E-state index contributed by atoms with van der Waals surface area (Å²) in [6.07, 6.45) is 4.26. The van der Waals surface area contributed by atoms with E-state index in [0.29, 0.717) is 42.7 Å². The van der Waals surface area contributed by atoms with Gasteiger partial charge in [-0.1, -0.05) is 18.7 Å². The number of likely N-dealkylation sites (tertiary alicyclic amines) is 1. The monoisotopic (exact) mass is 664 g/mol.